The number of ether oxygens (including phenoxy) is 2. The van der Waals surface area contributed by atoms with Crippen LogP contribution in [0.25, 0.3) is 0 Å². The Bertz CT molecular complexity index is 1180. The van der Waals surface area contributed by atoms with Gasteiger partial charge in [0.2, 0.25) is 12.7 Å². The van der Waals surface area contributed by atoms with Crippen LogP contribution in [0.2, 0.25) is 0 Å². The van der Waals surface area contributed by atoms with Crippen LogP contribution in [0, 0.1) is 0 Å². The summed E-state index contributed by atoms with van der Waals surface area (Å²) in [6, 6.07) is 19.1. The number of para-hydroxylation sites is 2. The number of benzene rings is 3. The van der Waals surface area contributed by atoms with E-state index in [1.54, 1.807) is 48.5 Å². The molecule has 1 aliphatic heterocycles. The molecule has 3 N–H and O–H groups in total. The van der Waals surface area contributed by atoms with E-state index in [1.807, 2.05) is 18.2 Å². The molecule has 4 rings (SSSR count). The average molecular weight is 431 g/mol. The number of carbonyl (C=O) groups excluding carboxylic acids is 3. The molecule has 0 aromatic heterocycles. The highest BCUT2D eigenvalue weighted by Gasteiger charge is 2.20. The summed E-state index contributed by atoms with van der Waals surface area (Å²) in [5, 5.41) is 8.54. The van der Waals surface area contributed by atoms with Gasteiger partial charge in [-0.3, -0.25) is 14.4 Å². The molecule has 0 unspecified atom stereocenters. The fraction of sp³-hybridized carbons (Fsp3) is 0.125. The number of Topliss-reactive ketones (excluding diaryl/α,β-unsaturated/α-hetero) is 1. The van der Waals surface area contributed by atoms with Crippen molar-refractivity contribution in [1.29, 1.82) is 0 Å². The molecule has 0 spiro atoms. The van der Waals surface area contributed by atoms with E-state index < -0.39 is 0 Å². The van der Waals surface area contributed by atoms with Crippen molar-refractivity contribution >= 4 is 34.7 Å². The quantitative estimate of drug-likeness (QED) is 0.490. The molecule has 0 saturated heterocycles. The SMILES string of the molecule is CC(=O)c1cc2c(cc1NC(=O)CNc1ccccc1C(=O)Nc1ccccc1)OCO2. The van der Waals surface area contributed by atoms with E-state index in [9.17, 15) is 14.4 Å². The van der Waals surface area contributed by atoms with Gasteiger partial charge in [0.05, 0.1) is 17.8 Å². The van der Waals surface area contributed by atoms with Crippen LogP contribution in [0.5, 0.6) is 11.5 Å². The Labute approximate surface area is 184 Å². The first kappa shape index (κ1) is 20.9. The highest BCUT2D eigenvalue weighted by atomic mass is 16.7. The lowest BCUT2D eigenvalue weighted by atomic mass is 10.1. The lowest BCUT2D eigenvalue weighted by Gasteiger charge is -2.14. The van der Waals surface area contributed by atoms with Crippen LogP contribution in [0.3, 0.4) is 0 Å². The van der Waals surface area contributed by atoms with Crippen LogP contribution >= 0.6 is 0 Å². The molecular formula is C24H21N3O5. The summed E-state index contributed by atoms with van der Waals surface area (Å²) in [5.74, 6) is 0.0272. The second-order valence-electron chi connectivity index (χ2n) is 7.07. The van der Waals surface area contributed by atoms with Gasteiger partial charge in [0.15, 0.2) is 17.3 Å². The third kappa shape index (κ3) is 4.70. The maximum atomic E-state index is 12.7. The summed E-state index contributed by atoms with van der Waals surface area (Å²) in [7, 11) is 0. The van der Waals surface area contributed by atoms with Crippen molar-refractivity contribution in [1.82, 2.24) is 0 Å². The van der Waals surface area contributed by atoms with E-state index in [0.717, 1.165) is 0 Å². The minimum atomic E-state index is -0.385. The van der Waals surface area contributed by atoms with Gasteiger partial charge in [-0.15, -0.1) is 0 Å². The molecule has 1 heterocycles. The van der Waals surface area contributed by atoms with E-state index in [2.05, 4.69) is 16.0 Å². The third-order valence-electron chi connectivity index (χ3n) is 4.81. The number of fused-ring (bicyclic) bond motifs is 1. The van der Waals surface area contributed by atoms with Crippen molar-refractivity contribution in [2.24, 2.45) is 0 Å². The van der Waals surface area contributed by atoms with Gasteiger partial charge in [-0.25, -0.2) is 0 Å². The number of amides is 2. The number of hydrogen-bond donors (Lipinski definition) is 3. The Morgan fingerprint density at radius 2 is 1.50 bits per heavy atom. The highest BCUT2D eigenvalue weighted by Crippen LogP contribution is 2.37. The van der Waals surface area contributed by atoms with Gasteiger partial charge in [-0.1, -0.05) is 30.3 Å². The lowest BCUT2D eigenvalue weighted by Crippen LogP contribution is -2.24. The second kappa shape index (κ2) is 9.22. The molecule has 0 bridgehead atoms. The van der Waals surface area contributed by atoms with Crippen LogP contribution < -0.4 is 25.4 Å². The van der Waals surface area contributed by atoms with E-state index in [4.69, 9.17) is 9.47 Å². The zero-order chi connectivity index (χ0) is 22.5. The molecule has 0 fully saturated rings. The summed E-state index contributed by atoms with van der Waals surface area (Å²) in [6.45, 7) is 1.36. The molecular weight excluding hydrogens is 410 g/mol. The monoisotopic (exact) mass is 431 g/mol. The summed E-state index contributed by atoms with van der Waals surface area (Å²) in [6.07, 6.45) is 0. The smallest absolute Gasteiger partial charge is 0.257 e. The lowest BCUT2D eigenvalue weighted by molar-refractivity contribution is -0.114. The summed E-state index contributed by atoms with van der Waals surface area (Å²) >= 11 is 0. The minimum absolute atomic E-state index is 0.0630. The number of hydrogen-bond acceptors (Lipinski definition) is 6. The van der Waals surface area contributed by atoms with Crippen LogP contribution in [0.1, 0.15) is 27.6 Å². The van der Waals surface area contributed by atoms with Gasteiger partial charge in [0.1, 0.15) is 0 Å². The number of carbonyl (C=O) groups is 3. The molecule has 2 amide bonds. The van der Waals surface area contributed by atoms with Crippen molar-refractivity contribution in [3.63, 3.8) is 0 Å². The van der Waals surface area contributed by atoms with E-state index in [1.165, 1.54) is 6.92 Å². The summed E-state index contributed by atoms with van der Waals surface area (Å²) in [5.41, 5.74) is 2.24. The van der Waals surface area contributed by atoms with Crippen LogP contribution in [-0.4, -0.2) is 30.9 Å². The number of anilines is 3. The van der Waals surface area contributed by atoms with Gasteiger partial charge in [0, 0.05) is 23.0 Å². The molecule has 1 aliphatic rings. The molecule has 0 radical (unpaired) electrons. The van der Waals surface area contributed by atoms with Gasteiger partial charge in [-0.05, 0) is 37.3 Å². The fourth-order valence-electron chi connectivity index (χ4n) is 3.26. The van der Waals surface area contributed by atoms with Crippen LogP contribution in [-0.2, 0) is 4.79 Å². The van der Waals surface area contributed by atoms with E-state index in [-0.39, 0.29) is 30.9 Å². The van der Waals surface area contributed by atoms with Crippen LogP contribution in [0.4, 0.5) is 17.1 Å². The average Bonchev–Trinajstić information content (AvgIpc) is 3.25. The zero-order valence-electron chi connectivity index (χ0n) is 17.3. The molecule has 8 nitrogen and oxygen atoms in total. The topological polar surface area (TPSA) is 106 Å². The molecule has 162 valence electrons. The summed E-state index contributed by atoms with van der Waals surface area (Å²) < 4.78 is 10.6. The zero-order valence-corrected chi connectivity index (χ0v) is 17.3. The molecule has 3 aromatic rings. The Morgan fingerprint density at radius 1 is 0.812 bits per heavy atom. The molecule has 0 saturated carbocycles. The normalized spacial score (nSPS) is 11.5. The van der Waals surface area contributed by atoms with Gasteiger partial charge in [-0.2, -0.15) is 0 Å². The van der Waals surface area contributed by atoms with Crippen molar-refractivity contribution < 1.29 is 23.9 Å². The molecule has 32 heavy (non-hydrogen) atoms. The van der Waals surface area contributed by atoms with E-state index >= 15 is 0 Å². The minimum Gasteiger partial charge on any atom is -0.454 e. The molecule has 0 aliphatic carbocycles. The Morgan fingerprint density at radius 3 is 2.25 bits per heavy atom. The Kier molecular flexibility index (Phi) is 6.03. The second-order valence-corrected chi connectivity index (χ2v) is 7.07. The standard InChI is InChI=1S/C24H21N3O5/c1-15(28)18-11-21-22(32-14-31-21)12-20(18)27-23(29)13-25-19-10-6-5-9-17(19)24(30)26-16-7-3-2-4-8-16/h2-12,25H,13-14H2,1H3,(H,26,30)(H,27,29). The predicted molar refractivity (Wildman–Crippen MR) is 121 cm³/mol. The number of rotatable bonds is 7. The Hall–Kier alpha value is -4.33. The number of nitrogens with one attached hydrogen (secondary N) is 3. The Balaban J connectivity index is 1.44. The molecule has 8 heteroatoms. The maximum Gasteiger partial charge on any atom is 0.257 e. The maximum absolute atomic E-state index is 12.7. The largest absolute Gasteiger partial charge is 0.454 e. The van der Waals surface area contributed by atoms with Crippen molar-refractivity contribution in [2.75, 3.05) is 29.3 Å². The first-order chi connectivity index (χ1) is 15.5. The fourth-order valence-corrected chi connectivity index (χ4v) is 3.26. The van der Waals surface area contributed by atoms with Crippen molar-refractivity contribution in [3.8, 4) is 11.5 Å². The number of ketones is 1. The first-order valence-corrected chi connectivity index (χ1v) is 9.95. The van der Waals surface area contributed by atoms with Crippen molar-refractivity contribution in [3.05, 3.63) is 77.9 Å². The van der Waals surface area contributed by atoms with Crippen LogP contribution in [0.15, 0.2) is 66.7 Å². The highest BCUT2D eigenvalue weighted by molar-refractivity contribution is 6.09. The van der Waals surface area contributed by atoms with Gasteiger partial charge >= 0.3 is 0 Å². The first-order valence-electron chi connectivity index (χ1n) is 9.95. The van der Waals surface area contributed by atoms with Crippen molar-refractivity contribution in [2.45, 2.75) is 6.92 Å². The summed E-state index contributed by atoms with van der Waals surface area (Å²) in [4.78, 5) is 37.2. The molecule has 3 aromatic carbocycles. The predicted octanol–water partition coefficient (Wildman–Crippen LogP) is 3.92. The van der Waals surface area contributed by atoms with Gasteiger partial charge < -0.3 is 25.4 Å². The van der Waals surface area contributed by atoms with Gasteiger partial charge in [0.25, 0.3) is 5.91 Å². The van der Waals surface area contributed by atoms with E-state index in [0.29, 0.717) is 39.7 Å². The molecule has 0 atom stereocenters. The third-order valence-corrected chi connectivity index (χ3v) is 4.81.